The van der Waals surface area contributed by atoms with Crippen LogP contribution in [0.2, 0.25) is 0 Å². The highest BCUT2D eigenvalue weighted by atomic mass is 16.5. The first-order valence-corrected chi connectivity index (χ1v) is 6.08. The molecule has 98 valence electrons. The van der Waals surface area contributed by atoms with Crippen molar-refractivity contribution in [2.45, 2.75) is 32.4 Å². The van der Waals surface area contributed by atoms with Gasteiger partial charge >= 0.3 is 0 Å². The smallest absolute Gasteiger partial charge is 0.267 e. The van der Waals surface area contributed by atoms with E-state index in [2.05, 4.69) is 10.4 Å². The Bertz CT molecular complexity index is 478. The lowest BCUT2D eigenvalue weighted by Crippen LogP contribution is -2.37. The average molecular weight is 251 g/mol. The lowest BCUT2D eigenvalue weighted by atomic mass is 10.2. The summed E-state index contributed by atoms with van der Waals surface area (Å²) in [4.78, 5) is 23.1. The van der Waals surface area contributed by atoms with Crippen molar-refractivity contribution in [3.8, 4) is 0 Å². The van der Waals surface area contributed by atoms with Gasteiger partial charge in [0.05, 0.1) is 11.8 Å². The van der Waals surface area contributed by atoms with Gasteiger partial charge in [0.25, 0.3) is 5.56 Å². The molecule has 0 spiro atoms. The highest BCUT2D eigenvalue weighted by Gasteiger charge is 2.16. The fraction of sp³-hybridized carbons (Fsp3) is 0.583. The van der Waals surface area contributed by atoms with Crippen molar-refractivity contribution < 1.29 is 9.53 Å². The summed E-state index contributed by atoms with van der Waals surface area (Å²) in [5.41, 5.74) is 0.439. The zero-order chi connectivity index (χ0) is 13.0. The van der Waals surface area contributed by atoms with E-state index in [-0.39, 0.29) is 24.1 Å². The second kappa shape index (κ2) is 5.77. The number of hydrogen-bond donors (Lipinski definition) is 1. The van der Waals surface area contributed by atoms with Gasteiger partial charge in [0.2, 0.25) is 5.91 Å². The maximum Gasteiger partial charge on any atom is 0.267 e. The Labute approximate surface area is 105 Å². The fourth-order valence-electron chi connectivity index (χ4n) is 1.89. The average Bonchev–Trinajstić information content (AvgIpc) is 2.84. The number of rotatable bonds is 4. The van der Waals surface area contributed by atoms with Crippen molar-refractivity contribution in [1.82, 2.24) is 15.1 Å². The van der Waals surface area contributed by atoms with Crippen LogP contribution >= 0.6 is 0 Å². The van der Waals surface area contributed by atoms with Crippen molar-refractivity contribution in [2.24, 2.45) is 0 Å². The van der Waals surface area contributed by atoms with E-state index in [0.717, 1.165) is 19.4 Å². The summed E-state index contributed by atoms with van der Waals surface area (Å²) < 4.78 is 6.56. The van der Waals surface area contributed by atoms with Crippen molar-refractivity contribution in [3.05, 3.63) is 28.2 Å². The van der Waals surface area contributed by atoms with Gasteiger partial charge < -0.3 is 10.1 Å². The van der Waals surface area contributed by atoms with E-state index in [1.54, 1.807) is 13.0 Å². The number of aromatic nitrogens is 2. The molecule has 1 aromatic rings. The summed E-state index contributed by atoms with van der Waals surface area (Å²) in [5, 5.41) is 6.76. The Morgan fingerprint density at radius 1 is 1.61 bits per heavy atom. The number of ether oxygens (including phenoxy) is 1. The summed E-state index contributed by atoms with van der Waals surface area (Å²) in [5.74, 6) is -0.217. The molecule has 1 aliphatic heterocycles. The van der Waals surface area contributed by atoms with Crippen LogP contribution in [0.4, 0.5) is 0 Å². The summed E-state index contributed by atoms with van der Waals surface area (Å²) in [6.07, 6.45) is 2.12. The first kappa shape index (κ1) is 12.8. The van der Waals surface area contributed by atoms with E-state index < -0.39 is 0 Å². The molecule has 0 saturated carbocycles. The summed E-state index contributed by atoms with van der Waals surface area (Å²) >= 11 is 0. The van der Waals surface area contributed by atoms with Gasteiger partial charge in [-0.15, -0.1) is 0 Å². The summed E-state index contributed by atoms with van der Waals surface area (Å²) in [6.45, 7) is 2.99. The SMILES string of the molecule is Cc1ccc(=O)n(CC(=O)NCC2CCCO2)n1. The van der Waals surface area contributed by atoms with Gasteiger partial charge in [0.15, 0.2) is 0 Å². The van der Waals surface area contributed by atoms with Crippen LogP contribution in [0.3, 0.4) is 0 Å². The topological polar surface area (TPSA) is 73.2 Å². The van der Waals surface area contributed by atoms with E-state index in [9.17, 15) is 9.59 Å². The third kappa shape index (κ3) is 3.40. The zero-order valence-corrected chi connectivity index (χ0v) is 10.4. The minimum atomic E-state index is -0.270. The second-order valence-corrected chi connectivity index (χ2v) is 4.41. The fourth-order valence-corrected chi connectivity index (χ4v) is 1.89. The van der Waals surface area contributed by atoms with Gasteiger partial charge in [-0.1, -0.05) is 0 Å². The van der Waals surface area contributed by atoms with Crippen LogP contribution in [0, 0.1) is 6.92 Å². The van der Waals surface area contributed by atoms with Gasteiger partial charge in [-0.2, -0.15) is 5.10 Å². The third-order valence-corrected chi connectivity index (χ3v) is 2.84. The van der Waals surface area contributed by atoms with Crippen molar-refractivity contribution >= 4 is 5.91 Å². The van der Waals surface area contributed by atoms with Crippen LogP contribution in [0.25, 0.3) is 0 Å². The van der Waals surface area contributed by atoms with Crippen LogP contribution in [0.5, 0.6) is 0 Å². The molecule has 2 rings (SSSR count). The molecule has 1 unspecified atom stereocenters. The van der Waals surface area contributed by atoms with Gasteiger partial charge in [0, 0.05) is 19.2 Å². The molecule has 0 aliphatic carbocycles. The van der Waals surface area contributed by atoms with E-state index in [0.29, 0.717) is 12.2 Å². The van der Waals surface area contributed by atoms with Crippen molar-refractivity contribution in [1.29, 1.82) is 0 Å². The van der Waals surface area contributed by atoms with E-state index in [1.165, 1.54) is 10.7 Å². The minimum Gasteiger partial charge on any atom is -0.376 e. The predicted octanol–water partition coefficient (Wildman–Crippen LogP) is -0.153. The first-order valence-electron chi connectivity index (χ1n) is 6.08. The largest absolute Gasteiger partial charge is 0.376 e. The Hall–Kier alpha value is -1.69. The highest BCUT2D eigenvalue weighted by molar-refractivity contribution is 5.75. The number of carbonyl (C=O) groups excluding carboxylic acids is 1. The first-order chi connectivity index (χ1) is 8.65. The Balaban J connectivity index is 1.86. The summed E-state index contributed by atoms with van der Waals surface area (Å²) in [6, 6.07) is 3.04. The number of nitrogens with one attached hydrogen (secondary N) is 1. The lowest BCUT2D eigenvalue weighted by Gasteiger charge is -2.11. The summed E-state index contributed by atoms with van der Waals surface area (Å²) in [7, 11) is 0. The molecule has 1 fully saturated rings. The Morgan fingerprint density at radius 2 is 2.44 bits per heavy atom. The van der Waals surface area contributed by atoms with Gasteiger partial charge in [0.1, 0.15) is 6.54 Å². The lowest BCUT2D eigenvalue weighted by molar-refractivity contribution is -0.122. The van der Waals surface area contributed by atoms with Crippen molar-refractivity contribution in [2.75, 3.05) is 13.2 Å². The van der Waals surface area contributed by atoms with Gasteiger partial charge in [-0.3, -0.25) is 9.59 Å². The molecule has 0 bridgehead atoms. The Morgan fingerprint density at radius 3 is 3.17 bits per heavy atom. The van der Waals surface area contributed by atoms with Crippen LogP contribution in [0.15, 0.2) is 16.9 Å². The number of nitrogens with zero attached hydrogens (tertiary/aromatic N) is 2. The molecule has 6 nitrogen and oxygen atoms in total. The molecule has 1 atom stereocenters. The number of amides is 1. The normalized spacial score (nSPS) is 18.8. The molecule has 18 heavy (non-hydrogen) atoms. The molecule has 0 radical (unpaired) electrons. The maximum atomic E-state index is 11.7. The second-order valence-electron chi connectivity index (χ2n) is 4.41. The zero-order valence-electron chi connectivity index (χ0n) is 10.4. The highest BCUT2D eigenvalue weighted by Crippen LogP contribution is 2.10. The Kier molecular flexibility index (Phi) is 4.09. The van der Waals surface area contributed by atoms with Crippen LogP contribution < -0.4 is 10.9 Å². The molecule has 1 saturated heterocycles. The third-order valence-electron chi connectivity index (χ3n) is 2.84. The van der Waals surface area contributed by atoms with Gasteiger partial charge in [-0.25, -0.2) is 4.68 Å². The minimum absolute atomic E-state index is 0.0484. The monoisotopic (exact) mass is 251 g/mol. The molecule has 1 N–H and O–H groups in total. The van der Waals surface area contributed by atoms with Crippen LogP contribution in [-0.2, 0) is 16.1 Å². The van der Waals surface area contributed by atoms with Crippen molar-refractivity contribution in [3.63, 3.8) is 0 Å². The van der Waals surface area contributed by atoms with Gasteiger partial charge in [-0.05, 0) is 25.8 Å². The molecule has 1 aromatic heterocycles. The molecular weight excluding hydrogens is 234 g/mol. The molecular formula is C12H17N3O3. The quantitative estimate of drug-likeness (QED) is 0.807. The van der Waals surface area contributed by atoms with E-state index in [4.69, 9.17) is 4.74 Å². The number of aryl methyl sites for hydroxylation is 1. The molecule has 6 heteroatoms. The molecule has 1 amide bonds. The molecule has 0 aromatic carbocycles. The van der Waals surface area contributed by atoms with Crippen LogP contribution in [-0.4, -0.2) is 34.9 Å². The van der Waals surface area contributed by atoms with E-state index >= 15 is 0 Å². The number of hydrogen-bond acceptors (Lipinski definition) is 4. The molecule has 1 aliphatic rings. The molecule has 2 heterocycles. The maximum absolute atomic E-state index is 11.7. The standard InChI is InChI=1S/C12H17N3O3/c1-9-4-5-12(17)15(14-9)8-11(16)13-7-10-3-2-6-18-10/h4-5,10H,2-3,6-8H2,1H3,(H,13,16). The van der Waals surface area contributed by atoms with Crippen LogP contribution in [0.1, 0.15) is 18.5 Å². The number of carbonyl (C=O) groups is 1. The predicted molar refractivity (Wildman–Crippen MR) is 65.2 cm³/mol. The van der Waals surface area contributed by atoms with E-state index in [1.807, 2.05) is 0 Å².